The van der Waals surface area contributed by atoms with Gasteiger partial charge in [-0.3, -0.25) is 0 Å². The van der Waals surface area contributed by atoms with E-state index in [0.717, 1.165) is 11.1 Å². The van der Waals surface area contributed by atoms with E-state index in [1.165, 1.54) is 6.08 Å². The Bertz CT molecular complexity index is 1340. The van der Waals surface area contributed by atoms with Crippen LogP contribution in [0.5, 0.6) is 0 Å². The number of aliphatic carboxylic acids is 1. The topological polar surface area (TPSA) is 98.9 Å². The summed E-state index contributed by atoms with van der Waals surface area (Å²) in [6.45, 7) is 0. The van der Waals surface area contributed by atoms with Crippen molar-refractivity contribution in [3.63, 3.8) is 0 Å². The van der Waals surface area contributed by atoms with Crippen molar-refractivity contribution >= 4 is 17.9 Å². The summed E-state index contributed by atoms with van der Waals surface area (Å²) in [7, 11) is 0. The fraction of sp³-hybridized carbons (Fsp3) is 0.0370. The summed E-state index contributed by atoms with van der Waals surface area (Å²) >= 11 is 0. The highest BCUT2D eigenvalue weighted by molar-refractivity contribution is 5.95. The van der Waals surface area contributed by atoms with Crippen LogP contribution in [0.15, 0.2) is 96.8 Å². The molecule has 0 amide bonds. The number of nitriles is 1. The summed E-state index contributed by atoms with van der Waals surface area (Å²) < 4.78 is 0. The lowest BCUT2D eigenvalue weighted by Crippen LogP contribution is -2.14. The molecule has 6 heteroatoms. The largest absolute Gasteiger partial charge is 0.477 e. The van der Waals surface area contributed by atoms with E-state index in [2.05, 4.69) is 16.4 Å². The van der Waals surface area contributed by atoms with Crippen molar-refractivity contribution in [1.29, 1.82) is 5.26 Å². The average molecular weight is 432 g/mol. The van der Waals surface area contributed by atoms with Crippen molar-refractivity contribution in [2.45, 2.75) is 6.42 Å². The van der Waals surface area contributed by atoms with Crippen molar-refractivity contribution in [3.05, 3.63) is 119 Å². The molecule has 0 spiro atoms. The van der Waals surface area contributed by atoms with Crippen molar-refractivity contribution in [3.8, 4) is 17.3 Å². The minimum absolute atomic E-state index is 0.0684. The molecule has 6 nitrogen and oxygen atoms in total. The van der Waals surface area contributed by atoms with Gasteiger partial charge in [0, 0.05) is 12.0 Å². The Morgan fingerprint density at radius 1 is 1.00 bits per heavy atom. The Balaban J connectivity index is 1.73. The zero-order valence-electron chi connectivity index (χ0n) is 17.6. The van der Waals surface area contributed by atoms with Crippen LogP contribution in [-0.2, 0) is 11.2 Å². The van der Waals surface area contributed by atoms with Crippen LogP contribution in [0.3, 0.4) is 0 Å². The quantitative estimate of drug-likeness (QED) is 0.392. The second-order valence-electron chi connectivity index (χ2n) is 7.30. The number of carboxylic acid groups (broad SMARTS) is 1. The molecule has 1 aromatic heterocycles. The van der Waals surface area contributed by atoms with Crippen LogP contribution >= 0.6 is 0 Å². The molecule has 0 aliphatic heterocycles. The third-order valence-electron chi connectivity index (χ3n) is 4.94. The van der Waals surface area contributed by atoms with Gasteiger partial charge in [-0.2, -0.15) is 5.26 Å². The number of hydrogen-bond donors (Lipinski definition) is 2. The third-order valence-corrected chi connectivity index (χ3v) is 4.94. The van der Waals surface area contributed by atoms with E-state index in [0.29, 0.717) is 34.8 Å². The molecule has 0 atom stereocenters. The SMILES string of the molecule is N#Cc1cccc(/C=C(/Nc2ncc(-c3ccccc3)nc2Cc2ccccc2)C(=O)O)c1. The second-order valence-corrected chi connectivity index (χ2v) is 7.30. The molecule has 160 valence electrons. The Morgan fingerprint density at radius 2 is 1.73 bits per heavy atom. The highest BCUT2D eigenvalue weighted by Gasteiger charge is 2.15. The number of benzene rings is 3. The van der Waals surface area contributed by atoms with Gasteiger partial charge in [-0.25, -0.2) is 14.8 Å². The van der Waals surface area contributed by atoms with Gasteiger partial charge >= 0.3 is 5.97 Å². The molecule has 3 aromatic carbocycles. The Labute approximate surface area is 191 Å². The first-order valence-corrected chi connectivity index (χ1v) is 10.3. The molecule has 0 bridgehead atoms. The number of rotatable bonds is 7. The summed E-state index contributed by atoms with van der Waals surface area (Å²) in [4.78, 5) is 21.3. The Hall–Kier alpha value is -4.76. The predicted molar refractivity (Wildman–Crippen MR) is 127 cm³/mol. The normalized spacial score (nSPS) is 10.9. The number of aromatic nitrogens is 2. The summed E-state index contributed by atoms with van der Waals surface area (Å²) in [6, 6.07) is 28.3. The summed E-state index contributed by atoms with van der Waals surface area (Å²) in [5.74, 6) is -0.777. The van der Waals surface area contributed by atoms with E-state index >= 15 is 0 Å². The molecule has 0 saturated heterocycles. The molecule has 2 N–H and O–H groups in total. The van der Waals surface area contributed by atoms with Gasteiger partial charge in [-0.05, 0) is 29.3 Å². The van der Waals surface area contributed by atoms with Crippen molar-refractivity contribution < 1.29 is 9.90 Å². The van der Waals surface area contributed by atoms with Crippen LogP contribution in [-0.4, -0.2) is 21.0 Å². The Morgan fingerprint density at radius 3 is 2.42 bits per heavy atom. The first kappa shape index (κ1) is 21.5. The lowest BCUT2D eigenvalue weighted by Gasteiger charge is -2.13. The molecule has 1 heterocycles. The highest BCUT2D eigenvalue weighted by atomic mass is 16.4. The first-order chi connectivity index (χ1) is 16.1. The van der Waals surface area contributed by atoms with Crippen LogP contribution in [0.4, 0.5) is 5.82 Å². The van der Waals surface area contributed by atoms with Crippen molar-refractivity contribution in [1.82, 2.24) is 9.97 Å². The average Bonchev–Trinajstić information content (AvgIpc) is 2.86. The van der Waals surface area contributed by atoms with Crippen LogP contribution < -0.4 is 5.32 Å². The predicted octanol–water partition coefficient (Wildman–Crippen LogP) is 5.14. The molecule has 0 aliphatic rings. The molecule has 0 fully saturated rings. The van der Waals surface area contributed by atoms with Gasteiger partial charge < -0.3 is 10.4 Å². The molecule has 33 heavy (non-hydrogen) atoms. The van der Waals surface area contributed by atoms with E-state index in [-0.39, 0.29) is 5.70 Å². The standard InChI is InChI=1S/C27H20N4O2/c28-17-21-11-7-10-20(14-21)16-24(27(32)33)31-26-23(15-19-8-3-1-4-9-19)30-25(18-29-26)22-12-5-2-6-13-22/h1-14,16,18H,15H2,(H,29,31)(H,32,33)/b24-16+. The van der Waals surface area contributed by atoms with E-state index in [9.17, 15) is 9.90 Å². The highest BCUT2D eigenvalue weighted by Crippen LogP contribution is 2.23. The molecule has 4 rings (SSSR count). The van der Waals surface area contributed by atoms with Crippen molar-refractivity contribution in [2.75, 3.05) is 5.32 Å². The van der Waals surface area contributed by atoms with Gasteiger partial charge in [0.25, 0.3) is 0 Å². The monoisotopic (exact) mass is 432 g/mol. The molecule has 0 radical (unpaired) electrons. The van der Waals surface area contributed by atoms with E-state index in [4.69, 9.17) is 10.2 Å². The molecule has 4 aromatic rings. The summed E-state index contributed by atoms with van der Waals surface area (Å²) in [5, 5.41) is 21.8. The van der Waals surface area contributed by atoms with Gasteiger partial charge in [0.15, 0.2) is 5.82 Å². The van der Waals surface area contributed by atoms with Crippen LogP contribution in [0.2, 0.25) is 0 Å². The first-order valence-electron chi connectivity index (χ1n) is 10.3. The summed E-state index contributed by atoms with van der Waals surface area (Å²) in [5.41, 5.74) is 4.26. The van der Waals surface area contributed by atoms with Gasteiger partial charge in [-0.15, -0.1) is 0 Å². The maximum absolute atomic E-state index is 12.0. The zero-order valence-corrected chi connectivity index (χ0v) is 17.6. The molecular weight excluding hydrogens is 412 g/mol. The zero-order chi connectivity index (χ0) is 23.0. The fourth-order valence-electron chi connectivity index (χ4n) is 3.34. The number of nitrogens with zero attached hydrogens (tertiary/aromatic N) is 3. The van der Waals surface area contributed by atoms with Gasteiger partial charge in [-0.1, -0.05) is 72.8 Å². The van der Waals surface area contributed by atoms with E-state index < -0.39 is 5.97 Å². The molecule has 0 saturated carbocycles. The molecule has 0 aliphatic carbocycles. The van der Waals surface area contributed by atoms with Crippen LogP contribution in [0.1, 0.15) is 22.4 Å². The number of anilines is 1. The summed E-state index contributed by atoms with van der Waals surface area (Å²) in [6.07, 6.45) is 3.58. The van der Waals surface area contributed by atoms with E-state index in [1.807, 2.05) is 60.7 Å². The number of hydrogen-bond acceptors (Lipinski definition) is 5. The maximum atomic E-state index is 12.0. The number of nitrogens with one attached hydrogen (secondary N) is 1. The smallest absolute Gasteiger partial charge is 0.352 e. The van der Waals surface area contributed by atoms with E-state index in [1.54, 1.807) is 30.5 Å². The van der Waals surface area contributed by atoms with Crippen LogP contribution in [0, 0.1) is 11.3 Å². The third kappa shape index (κ3) is 5.49. The van der Waals surface area contributed by atoms with Gasteiger partial charge in [0.1, 0.15) is 5.70 Å². The minimum Gasteiger partial charge on any atom is -0.477 e. The molecule has 0 unspecified atom stereocenters. The Kier molecular flexibility index (Phi) is 6.53. The van der Waals surface area contributed by atoms with Crippen LogP contribution in [0.25, 0.3) is 17.3 Å². The second kappa shape index (κ2) is 10.0. The lowest BCUT2D eigenvalue weighted by molar-refractivity contribution is -0.132. The number of carboxylic acids is 1. The molecular formula is C27H20N4O2. The van der Waals surface area contributed by atoms with Gasteiger partial charge in [0.2, 0.25) is 0 Å². The van der Waals surface area contributed by atoms with Crippen molar-refractivity contribution in [2.24, 2.45) is 0 Å². The number of carbonyl (C=O) groups is 1. The van der Waals surface area contributed by atoms with Gasteiger partial charge in [0.05, 0.1) is 29.2 Å². The lowest BCUT2D eigenvalue weighted by atomic mass is 10.1. The minimum atomic E-state index is -1.14. The fourth-order valence-corrected chi connectivity index (χ4v) is 3.34. The maximum Gasteiger partial charge on any atom is 0.352 e.